The SMILES string of the molecule is Nc1onc(-c2cccc(F)c2Cl)c1-c1ccncc1. The van der Waals surface area contributed by atoms with Gasteiger partial charge in [0.25, 0.3) is 0 Å². The monoisotopic (exact) mass is 289 g/mol. The largest absolute Gasteiger partial charge is 0.367 e. The van der Waals surface area contributed by atoms with Crippen LogP contribution in [0.1, 0.15) is 0 Å². The lowest BCUT2D eigenvalue weighted by atomic mass is 10.0. The number of nitrogens with two attached hydrogens (primary N) is 1. The second-order valence-electron chi connectivity index (χ2n) is 4.11. The third kappa shape index (κ3) is 2.02. The second kappa shape index (κ2) is 4.94. The van der Waals surface area contributed by atoms with Crippen molar-refractivity contribution in [1.82, 2.24) is 10.1 Å². The number of anilines is 1. The summed E-state index contributed by atoms with van der Waals surface area (Å²) in [6.45, 7) is 0. The number of nitrogens with zero attached hydrogens (tertiary/aromatic N) is 2. The Morgan fingerprint density at radius 2 is 1.90 bits per heavy atom. The minimum Gasteiger partial charge on any atom is -0.367 e. The zero-order valence-electron chi connectivity index (χ0n) is 10.2. The van der Waals surface area contributed by atoms with Crippen molar-refractivity contribution in [2.75, 3.05) is 5.73 Å². The Bertz CT molecular complexity index is 758. The number of benzene rings is 1. The molecule has 0 saturated heterocycles. The first-order chi connectivity index (χ1) is 9.68. The third-order valence-electron chi connectivity index (χ3n) is 2.89. The molecule has 4 nitrogen and oxygen atoms in total. The highest BCUT2D eigenvalue weighted by Gasteiger charge is 2.20. The summed E-state index contributed by atoms with van der Waals surface area (Å²) in [4.78, 5) is 3.94. The van der Waals surface area contributed by atoms with Gasteiger partial charge in [0.2, 0.25) is 5.88 Å². The van der Waals surface area contributed by atoms with Gasteiger partial charge in [0.05, 0.1) is 10.6 Å². The minimum atomic E-state index is -0.522. The Morgan fingerprint density at radius 1 is 1.15 bits per heavy atom. The average molecular weight is 290 g/mol. The maximum atomic E-state index is 13.6. The van der Waals surface area contributed by atoms with Crippen LogP contribution in [-0.4, -0.2) is 10.1 Å². The molecule has 6 heteroatoms. The van der Waals surface area contributed by atoms with Crippen molar-refractivity contribution in [3.8, 4) is 22.4 Å². The standard InChI is InChI=1S/C14H9ClFN3O/c15-12-9(2-1-3-10(12)16)13-11(14(17)20-19-13)8-4-6-18-7-5-8/h1-7H,17H2. The molecule has 1 aromatic carbocycles. The van der Waals surface area contributed by atoms with E-state index in [1.165, 1.54) is 6.07 Å². The molecule has 2 heterocycles. The van der Waals surface area contributed by atoms with E-state index in [1.807, 2.05) is 0 Å². The van der Waals surface area contributed by atoms with Gasteiger partial charge in [0, 0.05) is 18.0 Å². The summed E-state index contributed by atoms with van der Waals surface area (Å²) >= 11 is 5.99. The van der Waals surface area contributed by atoms with Gasteiger partial charge in [-0.15, -0.1) is 0 Å². The molecule has 0 radical (unpaired) electrons. The minimum absolute atomic E-state index is 0.0175. The van der Waals surface area contributed by atoms with Crippen molar-refractivity contribution in [1.29, 1.82) is 0 Å². The summed E-state index contributed by atoms with van der Waals surface area (Å²) in [6, 6.07) is 8.02. The molecule has 0 atom stereocenters. The van der Waals surface area contributed by atoms with Gasteiger partial charge in [0.1, 0.15) is 11.5 Å². The number of hydrogen-bond acceptors (Lipinski definition) is 4. The van der Waals surface area contributed by atoms with E-state index in [4.69, 9.17) is 21.9 Å². The average Bonchev–Trinajstić information content (AvgIpc) is 2.84. The first-order valence-electron chi connectivity index (χ1n) is 5.78. The molecule has 20 heavy (non-hydrogen) atoms. The molecule has 0 unspecified atom stereocenters. The molecule has 0 aliphatic carbocycles. The number of nitrogen functional groups attached to an aromatic ring is 1. The Balaban J connectivity index is 2.24. The number of aromatic nitrogens is 2. The molecule has 0 amide bonds. The molecule has 2 N–H and O–H groups in total. The maximum absolute atomic E-state index is 13.6. The maximum Gasteiger partial charge on any atom is 0.230 e. The van der Waals surface area contributed by atoms with Crippen LogP contribution in [0.15, 0.2) is 47.2 Å². The summed E-state index contributed by atoms with van der Waals surface area (Å²) < 4.78 is 18.6. The molecule has 0 saturated carbocycles. The van der Waals surface area contributed by atoms with Crippen LogP contribution >= 0.6 is 11.6 Å². The normalized spacial score (nSPS) is 10.7. The van der Waals surface area contributed by atoms with Gasteiger partial charge in [-0.1, -0.05) is 28.9 Å². The first-order valence-corrected chi connectivity index (χ1v) is 6.16. The van der Waals surface area contributed by atoms with Crippen LogP contribution in [0.25, 0.3) is 22.4 Å². The van der Waals surface area contributed by atoms with E-state index in [2.05, 4.69) is 10.1 Å². The van der Waals surface area contributed by atoms with Crippen LogP contribution in [0.4, 0.5) is 10.3 Å². The Kier molecular flexibility index (Phi) is 3.12. The van der Waals surface area contributed by atoms with E-state index in [9.17, 15) is 4.39 Å². The van der Waals surface area contributed by atoms with E-state index >= 15 is 0 Å². The fourth-order valence-electron chi connectivity index (χ4n) is 1.97. The van der Waals surface area contributed by atoms with Crippen molar-refractivity contribution in [2.45, 2.75) is 0 Å². The summed E-state index contributed by atoms with van der Waals surface area (Å²) in [5.74, 6) is -0.377. The van der Waals surface area contributed by atoms with Gasteiger partial charge >= 0.3 is 0 Å². The predicted molar refractivity (Wildman–Crippen MR) is 74.6 cm³/mol. The lowest BCUT2D eigenvalue weighted by molar-refractivity contribution is 0.439. The molecule has 0 aliphatic rings. The number of halogens is 2. The fraction of sp³-hybridized carbons (Fsp3) is 0. The molecular formula is C14H9ClFN3O. The van der Waals surface area contributed by atoms with Crippen LogP contribution < -0.4 is 5.73 Å². The molecule has 3 rings (SSSR count). The van der Waals surface area contributed by atoms with Crippen molar-refractivity contribution in [3.05, 3.63) is 53.6 Å². The van der Waals surface area contributed by atoms with Gasteiger partial charge in [-0.05, 0) is 23.8 Å². The summed E-state index contributed by atoms with van der Waals surface area (Å²) in [5.41, 5.74) is 7.98. The van der Waals surface area contributed by atoms with E-state index in [0.29, 0.717) is 16.8 Å². The summed E-state index contributed by atoms with van der Waals surface area (Å²) in [6.07, 6.45) is 3.25. The van der Waals surface area contributed by atoms with E-state index in [0.717, 1.165) is 5.56 Å². The van der Waals surface area contributed by atoms with Crippen LogP contribution in [0, 0.1) is 5.82 Å². The van der Waals surface area contributed by atoms with Crippen LogP contribution in [0.3, 0.4) is 0 Å². The Morgan fingerprint density at radius 3 is 2.65 bits per heavy atom. The lowest BCUT2D eigenvalue weighted by Crippen LogP contribution is -1.89. The van der Waals surface area contributed by atoms with Gasteiger partial charge in [0.15, 0.2) is 0 Å². The molecule has 0 aliphatic heterocycles. The Labute approximate surface area is 119 Å². The van der Waals surface area contributed by atoms with Crippen LogP contribution in [0.2, 0.25) is 5.02 Å². The highest BCUT2D eigenvalue weighted by atomic mass is 35.5. The number of rotatable bonds is 2. The smallest absolute Gasteiger partial charge is 0.230 e. The van der Waals surface area contributed by atoms with E-state index in [-0.39, 0.29) is 10.9 Å². The molecule has 2 aromatic heterocycles. The number of hydrogen-bond donors (Lipinski definition) is 1. The molecule has 0 spiro atoms. The molecule has 0 fully saturated rings. The fourth-order valence-corrected chi connectivity index (χ4v) is 2.19. The molecular weight excluding hydrogens is 281 g/mol. The van der Waals surface area contributed by atoms with Crippen molar-refractivity contribution in [2.24, 2.45) is 0 Å². The van der Waals surface area contributed by atoms with Crippen molar-refractivity contribution in [3.63, 3.8) is 0 Å². The van der Waals surface area contributed by atoms with Gasteiger partial charge in [-0.25, -0.2) is 4.39 Å². The Hall–Kier alpha value is -2.40. The molecule has 0 bridgehead atoms. The van der Waals surface area contributed by atoms with E-state index < -0.39 is 5.82 Å². The zero-order valence-corrected chi connectivity index (χ0v) is 10.9. The van der Waals surface area contributed by atoms with Crippen molar-refractivity contribution < 1.29 is 8.91 Å². The van der Waals surface area contributed by atoms with Gasteiger partial charge in [-0.3, -0.25) is 4.98 Å². The zero-order chi connectivity index (χ0) is 14.1. The number of pyridine rings is 1. The van der Waals surface area contributed by atoms with Crippen molar-refractivity contribution >= 4 is 17.5 Å². The molecule has 3 aromatic rings. The third-order valence-corrected chi connectivity index (χ3v) is 3.28. The first kappa shape index (κ1) is 12.6. The lowest BCUT2D eigenvalue weighted by Gasteiger charge is -2.05. The second-order valence-corrected chi connectivity index (χ2v) is 4.49. The van der Waals surface area contributed by atoms with Crippen LogP contribution in [0.5, 0.6) is 0 Å². The summed E-state index contributed by atoms with van der Waals surface area (Å²) in [5, 5.41) is 3.88. The van der Waals surface area contributed by atoms with Gasteiger partial charge < -0.3 is 10.3 Å². The van der Waals surface area contributed by atoms with Crippen LogP contribution in [-0.2, 0) is 0 Å². The quantitative estimate of drug-likeness (QED) is 0.780. The highest BCUT2D eigenvalue weighted by molar-refractivity contribution is 6.33. The van der Waals surface area contributed by atoms with Gasteiger partial charge in [-0.2, -0.15) is 0 Å². The highest BCUT2D eigenvalue weighted by Crippen LogP contribution is 2.39. The summed E-state index contributed by atoms with van der Waals surface area (Å²) in [7, 11) is 0. The molecule has 100 valence electrons. The van der Waals surface area contributed by atoms with E-state index in [1.54, 1.807) is 36.7 Å². The topological polar surface area (TPSA) is 64.9 Å². The predicted octanol–water partition coefficient (Wildman–Crippen LogP) is 3.78.